The summed E-state index contributed by atoms with van der Waals surface area (Å²) in [7, 11) is 1.55. The zero-order valence-electron chi connectivity index (χ0n) is 16.9. The molecule has 0 aliphatic carbocycles. The molecule has 0 fully saturated rings. The van der Waals surface area contributed by atoms with Gasteiger partial charge in [-0.2, -0.15) is 0 Å². The van der Waals surface area contributed by atoms with Crippen molar-refractivity contribution in [2.75, 3.05) is 17.7 Å². The summed E-state index contributed by atoms with van der Waals surface area (Å²) in [6.45, 7) is 3.71. The third-order valence-corrected chi connectivity index (χ3v) is 5.13. The minimum atomic E-state index is -0.750. The van der Waals surface area contributed by atoms with E-state index in [0.717, 1.165) is 5.56 Å². The van der Waals surface area contributed by atoms with Crippen LogP contribution < -0.4 is 20.7 Å². The molecular formula is C21H23N5O3S. The third kappa shape index (κ3) is 5.54. The van der Waals surface area contributed by atoms with Crippen molar-refractivity contribution in [3.63, 3.8) is 0 Å². The number of carbonyl (C=O) groups excluding carboxylic acids is 2. The van der Waals surface area contributed by atoms with Crippen LogP contribution in [0.3, 0.4) is 0 Å². The molecule has 1 heterocycles. The second-order valence-electron chi connectivity index (χ2n) is 6.82. The number of urea groups is 1. The van der Waals surface area contributed by atoms with Gasteiger partial charge in [0.25, 0.3) is 0 Å². The lowest BCUT2D eigenvalue weighted by Crippen LogP contribution is -2.48. The molecule has 1 aromatic heterocycles. The molecule has 3 N–H and O–H groups in total. The van der Waals surface area contributed by atoms with Crippen LogP contribution in [0, 0.1) is 5.92 Å². The zero-order valence-corrected chi connectivity index (χ0v) is 17.7. The average molecular weight is 426 g/mol. The Kier molecular flexibility index (Phi) is 6.97. The van der Waals surface area contributed by atoms with E-state index in [2.05, 4.69) is 26.1 Å². The lowest BCUT2D eigenvalue weighted by atomic mass is 10.0. The molecule has 0 saturated carbocycles. The van der Waals surface area contributed by atoms with Gasteiger partial charge in [-0.05, 0) is 18.1 Å². The summed E-state index contributed by atoms with van der Waals surface area (Å²) in [6, 6.07) is 15.3. The zero-order chi connectivity index (χ0) is 21.5. The monoisotopic (exact) mass is 425 g/mol. The number of hydrogen-bond acceptors (Lipinski definition) is 6. The van der Waals surface area contributed by atoms with Crippen LogP contribution in [0.4, 0.5) is 15.6 Å². The second kappa shape index (κ2) is 9.84. The van der Waals surface area contributed by atoms with E-state index in [0.29, 0.717) is 21.6 Å². The number of nitrogens with zero attached hydrogens (tertiary/aromatic N) is 2. The SMILES string of the molecule is COc1cccc(NC(=O)NC(C(=O)Nc2nnc(-c3ccccc3)s2)C(C)C)c1. The minimum absolute atomic E-state index is 0.137. The number of methoxy groups -OCH3 is 1. The van der Waals surface area contributed by atoms with E-state index in [1.165, 1.54) is 11.3 Å². The maximum Gasteiger partial charge on any atom is 0.319 e. The number of amides is 3. The van der Waals surface area contributed by atoms with Crippen LogP contribution in [-0.2, 0) is 4.79 Å². The molecule has 0 spiro atoms. The fourth-order valence-corrected chi connectivity index (χ4v) is 3.45. The summed E-state index contributed by atoms with van der Waals surface area (Å²) in [5, 5.41) is 17.4. The summed E-state index contributed by atoms with van der Waals surface area (Å²) >= 11 is 1.27. The fraction of sp³-hybridized carbons (Fsp3) is 0.238. The standard InChI is InChI=1S/C21H23N5O3S/c1-13(2)17(23-20(28)22-15-10-7-11-16(12-15)29-3)18(27)24-21-26-25-19(30-21)14-8-5-4-6-9-14/h4-13,17H,1-3H3,(H2,22,23,28)(H,24,26,27). The van der Waals surface area contributed by atoms with Crippen molar-refractivity contribution in [1.82, 2.24) is 15.5 Å². The molecule has 30 heavy (non-hydrogen) atoms. The average Bonchev–Trinajstić information content (AvgIpc) is 3.21. The molecule has 3 aromatic rings. The van der Waals surface area contributed by atoms with Crippen molar-refractivity contribution in [2.24, 2.45) is 5.92 Å². The Morgan fingerprint density at radius 3 is 2.47 bits per heavy atom. The first-order valence-electron chi connectivity index (χ1n) is 9.37. The first-order valence-corrected chi connectivity index (χ1v) is 10.2. The molecule has 3 amide bonds. The van der Waals surface area contributed by atoms with Gasteiger partial charge in [0.15, 0.2) is 0 Å². The molecule has 3 rings (SSSR count). The summed E-state index contributed by atoms with van der Waals surface area (Å²) in [4.78, 5) is 25.2. The molecule has 1 unspecified atom stereocenters. The molecule has 0 bridgehead atoms. The number of benzene rings is 2. The topological polar surface area (TPSA) is 105 Å². The predicted octanol–water partition coefficient (Wildman–Crippen LogP) is 4.00. The van der Waals surface area contributed by atoms with E-state index in [4.69, 9.17) is 4.74 Å². The maximum atomic E-state index is 12.8. The Morgan fingerprint density at radius 1 is 1.00 bits per heavy atom. The number of nitrogens with one attached hydrogen (secondary N) is 3. The molecule has 0 aliphatic heterocycles. The molecule has 9 heteroatoms. The molecule has 156 valence electrons. The Labute approximate surface area is 178 Å². The van der Waals surface area contributed by atoms with Gasteiger partial charge in [-0.3, -0.25) is 10.1 Å². The van der Waals surface area contributed by atoms with Gasteiger partial charge >= 0.3 is 6.03 Å². The van der Waals surface area contributed by atoms with Gasteiger partial charge in [0, 0.05) is 17.3 Å². The lowest BCUT2D eigenvalue weighted by Gasteiger charge is -2.21. The van der Waals surface area contributed by atoms with Crippen molar-refractivity contribution in [3.8, 4) is 16.3 Å². The van der Waals surface area contributed by atoms with E-state index >= 15 is 0 Å². The Balaban J connectivity index is 1.63. The van der Waals surface area contributed by atoms with Crippen LogP contribution in [0.15, 0.2) is 54.6 Å². The summed E-state index contributed by atoms with van der Waals surface area (Å²) in [5.74, 6) is 0.126. The highest BCUT2D eigenvalue weighted by molar-refractivity contribution is 7.18. The van der Waals surface area contributed by atoms with Gasteiger partial charge < -0.3 is 15.4 Å². The molecule has 8 nitrogen and oxygen atoms in total. The van der Waals surface area contributed by atoms with E-state index in [9.17, 15) is 9.59 Å². The number of carbonyl (C=O) groups is 2. The van der Waals surface area contributed by atoms with E-state index in [1.54, 1.807) is 31.4 Å². The highest BCUT2D eigenvalue weighted by atomic mass is 32.1. The Hall–Kier alpha value is -3.46. The lowest BCUT2D eigenvalue weighted by molar-refractivity contribution is -0.118. The van der Waals surface area contributed by atoms with Crippen molar-refractivity contribution in [2.45, 2.75) is 19.9 Å². The van der Waals surface area contributed by atoms with Crippen molar-refractivity contribution < 1.29 is 14.3 Å². The quantitative estimate of drug-likeness (QED) is 0.531. The first-order chi connectivity index (χ1) is 14.5. The van der Waals surface area contributed by atoms with E-state index in [1.807, 2.05) is 44.2 Å². The van der Waals surface area contributed by atoms with E-state index in [-0.39, 0.29) is 11.8 Å². The molecule has 0 saturated heterocycles. The van der Waals surface area contributed by atoms with Crippen LogP contribution in [0.5, 0.6) is 5.75 Å². The maximum absolute atomic E-state index is 12.8. The third-order valence-electron chi connectivity index (χ3n) is 4.24. The van der Waals surface area contributed by atoms with Crippen molar-refractivity contribution >= 4 is 34.1 Å². The number of ether oxygens (including phenoxy) is 1. The Bertz CT molecular complexity index is 1010. The number of aromatic nitrogens is 2. The van der Waals surface area contributed by atoms with Gasteiger partial charge in [0.2, 0.25) is 11.0 Å². The molecule has 1 atom stereocenters. The fourth-order valence-electron chi connectivity index (χ4n) is 2.70. The van der Waals surface area contributed by atoms with Crippen LogP contribution in [0.25, 0.3) is 10.6 Å². The van der Waals surface area contributed by atoms with Gasteiger partial charge in [-0.25, -0.2) is 4.79 Å². The van der Waals surface area contributed by atoms with Crippen LogP contribution in [-0.4, -0.2) is 35.3 Å². The number of rotatable bonds is 7. The summed E-state index contributed by atoms with van der Waals surface area (Å²) in [6.07, 6.45) is 0. The van der Waals surface area contributed by atoms with Crippen molar-refractivity contribution in [1.29, 1.82) is 0 Å². The summed E-state index contributed by atoms with van der Waals surface area (Å²) in [5.41, 5.74) is 1.48. The van der Waals surface area contributed by atoms with Gasteiger partial charge in [-0.1, -0.05) is 61.6 Å². The minimum Gasteiger partial charge on any atom is -0.497 e. The Morgan fingerprint density at radius 2 is 1.77 bits per heavy atom. The van der Waals surface area contributed by atoms with E-state index < -0.39 is 12.1 Å². The predicted molar refractivity (Wildman–Crippen MR) is 118 cm³/mol. The molecule has 0 radical (unpaired) electrons. The number of anilines is 2. The molecular weight excluding hydrogens is 402 g/mol. The largest absolute Gasteiger partial charge is 0.497 e. The molecule has 2 aromatic carbocycles. The van der Waals surface area contributed by atoms with Crippen molar-refractivity contribution in [3.05, 3.63) is 54.6 Å². The highest BCUT2D eigenvalue weighted by Crippen LogP contribution is 2.26. The van der Waals surface area contributed by atoms with Gasteiger partial charge in [-0.15, -0.1) is 10.2 Å². The normalized spacial score (nSPS) is 11.6. The van der Waals surface area contributed by atoms with Crippen LogP contribution in [0.2, 0.25) is 0 Å². The number of hydrogen-bond donors (Lipinski definition) is 3. The van der Waals surface area contributed by atoms with Crippen LogP contribution in [0.1, 0.15) is 13.8 Å². The highest BCUT2D eigenvalue weighted by Gasteiger charge is 2.25. The molecule has 0 aliphatic rings. The first kappa shape index (κ1) is 21.3. The van der Waals surface area contributed by atoms with Gasteiger partial charge in [0.1, 0.15) is 16.8 Å². The van der Waals surface area contributed by atoms with Gasteiger partial charge in [0.05, 0.1) is 7.11 Å². The van der Waals surface area contributed by atoms with Crippen LogP contribution >= 0.6 is 11.3 Å². The summed E-state index contributed by atoms with van der Waals surface area (Å²) < 4.78 is 5.15. The second-order valence-corrected chi connectivity index (χ2v) is 7.80. The smallest absolute Gasteiger partial charge is 0.319 e.